The second kappa shape index (κ2) is 5.88. The molecule has 2 aromatic rings. The second-order valence-electron chi connectivity index (χ2n) is 5.43. The first kappa shape index (κ1) is 17.3. The molecular weight excluding hydrogens is 322 g/mol. The molecule has 0 saturated carbocycles. The zero-order chi connectivity index (χ0) is 17.5. The van der Waals surface area contributed by atoms with Crippen molar-refractivity contribution in [3.63, 3.8) is 0 Å². The van der Waals surface area contributed by atoms with Crippen molar-refractivity contribution in [2.24, 2.45) is 5.92 Å². The summed E-state index contributed by atoms with van der Waals surface area (Å²) in [5.41, 5.74) is -3.16. The number of hydrogen-bond donors (Lipinski definition) is 1. The van der Waals surface area contributed by atoms with Crippen LogP contribution < -0.4 is 0 Å². The first-order valence-corrected chi connectivity index (χ1v) is 6.61. The molecule has 0 spiro atoms. The molecule has 0 aliphatic carbocycles. The van der Waals surface area contributed by atoms with Crippen molar-refractivity contribution < 1.29 is 31.4 Å². The summed E-state index contributed by atoms with van der Waals surface area (Å²) in [6, 6.07) is 2.10. The third-order valence-corrected chi connectivity index (χ3v) is 3.68. The predicted octanol–water partition coefficient (Wildman–Crippen LogP) is 4.41. The standard InChI is InChI=1S/C16H12F6O/c1-7(2)16(23,8-3-10(17)14(21)11(18)4-8)9-5-12(19)15(22)13(20)6-9/h3-7,23H,1-2H3. The topological polar surface area (TPSA) is 20.2 Å². The average molecular weight is 334 g/mol. The summed E-state index contributed by atoms with van der Waals surface area (Å²) in [7, 11) is 0. The Morgan fingerprint density at radius 2 is 0.957 bits per heavy atom. The highest BCUT2D eigenvalue weighted by molar-refractivity contribution is 5.38. The number of rotatable bonds is 3. The smallest absolute Gasteiger partial charge is 0.194 e. The summed E-state index contributed by atoms with van der Waals surface area (Å²) in [5.74, 6) is -10.6. The van der Waals surface area contributed by atoms with Crippen LogP contribution in [0.5, 0.6) is 0 Å². The van der Waals surface area contributed by atoms with E-state index in [9.17, 15) is 31.4 Å². The normalized spacial score (nSPS) is 12.1. The predicted molar refractivity (Wildman–Crippen MR) is 70.5 cm³/mol. The zero-order valence-electron chi connectivity index (χ0n) is 12.1. The Morgan fingerprint density at radius 3 is 1.17 bits per heavy atom. The summed E-state index contributed by atoms with van der Waals surface area (Å²) >= 11 is 0. The van der Waals surface area contributed by atoms with Crippen LogP contribution in [-0.4, -0.2) is 5.11 Å². The Balaban J connectivity index is 2.75. The molecule has 0 amide bonds. The van der Waals surface area contributed by atoms with Gasteiger partial charge in [0.05, 0.1) is 0 Å². The van der Waals surface area contributed by atoms with Gasteiger partial charge in [-0.05, 0) is 41.3 Å². The Kier molecular flexibility index (Phi) is 4.43. The van der Waals surface area contributed by atoms with Gasteiger partial charge in [0.25, 0.3) is 0 Å². The Hall–Kier alpha value is -2.02. The fourth-order valence-electron chi connectivity index (χ4n) is 2.38. The van der Waals surface area contributed by atoms with Gasteiger partial charge in [-0.15, -0.1) is 0 Å². The second-order valence-corrected chi connectivity index (χ2v) is 5.43. The van der Waals surface area contributed by atoms with Gasteiger partial charge in [0.2, 0.25) is 0 Å². The lowest BCUT2D eigenvalue weighted by Crippen LogP contribution is -2.34. The molecule has 0 radical (unpaired) electrons. The zero-order valence-corrected chi connectivity index (χ0v) is 12.1. The maximum atomic E-state index is 13.4. The van der Waals surface area contributed by atoms with E-state index in [0.717, 1.165) is 0 Å². The van der Waals surface area contributed by atoms with Crippen LogP contribution in [0.4, 0.5) is 26.3 Å². The van der Waals surface area contributed by atoms with Crippen molar-refractivity contribution in [3.8, 4) is 0 Å². The fourth-order valence-corrected chi connectivity index (χ4v) is 2.38. The van der Waals surface area contributed by atoms with E-state index in [-0.39, 0.29) is 0 Å². The molecular formula is C16H12F6O. The van der Waals surface area contributed by atoms with Crippen LogP contribution in [0, 0.1) is 40.8 Å². The van der Waals surface area contributed by atoms with E-state index in [2.05, 4.69) is 0 Å². The van der Waals surface area contributed by atoms with Crippen LogP contribution in [0.2, 0.25) is 0 Å². The number of aliphatic hydroxyl groups is 1. The summed E-state index contributed by atoms with van der Waals surface area (Å²) in [6.07, 6.45) is 0. The molecule has 0 unspecified atom stereocenters. The highest BCUT2D eigenvalue weighted by Crippen LogP contribution is 2.38. The molecule has 124 valence electrons. The van der Waals surface area contributed by atoms with Crippen LogP contribution in [0.25, 0.3) is 0 Å². The van der Waals surface area contributed by atoms with Gasteiger partial charge >= 0.3 is 0 Å². The largest absolute Gasteiger partial charge is 0.380 e. The average Bonchev–Trinajstić information content (AvgIpc) is 2.48. The van der Waals surface area contributed by atoms with E-state index >= 15 is 0 Å². The molecule has 0 aromatic heterocycles. The van der Waals surface area contributed by atoms with Gasteiger partial charge in [0.15, 0.2) is 34.9 Å². The SMILES string of the molecule is CC(C)C(O)(c1cc(F)c(F)c(F)c1)c1cc(F)c(F)c(F)c1. The maximum Gasteiger partial charge on any atom is 0.194 e. The molecule has 0 atom stereocenters. The lowest BCUT2D eigenvalue weighted by atomic mass is 9.77. The number of hydrogen-bond acceptors (Lipinski definition) is 1. The van der Waals surface area contributed by atoms with Crippen molar-refractivity contribution in [2.45, 2.75) is 19.4 Å². The molecule has 2 aromatic carbocycles. The quantitative estimate of drug-likeness (QED) is 0.651. The first-order valence-electron chi connectivity index (χ1n) is 6.61. The van der Waals surface area contributed by atoms with Gasteiger partial charge in [-0.25, -0.2) is 26.3 Å². The van der Waals surface area contributed by atoms with Gasteiger partial charge in [0, 0.05) is 0 Å². The number of benzene rings is 2. The van der Waals surface area contributed by atoms with Gasteiger partial charge in [-0.3, -0.25) is 0 Å². The van der Waals surface area contributed by atoms with Crippen molar-refractivity contribution in [1.29, 1.82) is 0 Å². The summed E-state index contributed by atoms with van der Waals surface area (Å²) in [6.45, 7) is 2.83. The summed E-state index contributed by atoms with van der Waals surface area (Å²) < 4.78 is 79.9. The van der Waals surface area contributed by atoms with Crippen LogP contribution in [-0.2, 0) is 5.60 Å². The minimum Gasteiger partial charge on any atom is -0.380 e. The van der Waals surface area contributed by atoms with Gasteiger partial charge < -0.3 is 5.11 Å². The molecule has 0 aliphatic heterocycles. The first-order chi connectivity index (χ1) is 10.6. The highest BCUT2D eigenvalue weighted by atomic mass is 19.2. The lowest BCUT2D eigenvalue weighted by molar-refractivity contribution is 0.0302. The molecule has 1 N–H and O–H groups in total. The Morgan fingerprint density at radius 1 is 0.696 bits per heavy atom. The maximum absolute atomic E-state index is 13.4. The third-order valence-electron chi connectivity index (χ3n) is 3.68. The van der Waals surface area contributed by atoms with Gasteiger partial charge in [-0.2, -0.15) is 0 Å². The Bertz CT molecular complexity index is 653. The van der Waals surface area contributed by atoms with Crippen LogP contribution >= 0.6 is 0 Å². The highest BCUT2D eigenvalue weighted by Gasteiger charge is 2.38. The van der Waals surface area contributed by atoms with Crippen molar-refractivity contribution in [1.82, 2.24) is 0 Å². The monoisotopic (exact) mass is 334 g/mol. The van der Waals surface area contributed by atoms with E-state index in [1.54, 1.807) is 0 Å². The minimum absolute atomic E-state index is 0.450. The van der Waals surface area contributed by atoms with E-state index < -0.39 is 57.5 Å². The van der Waals surface area contributed by atoms with Crippen molar-refractivity contribution in [2.75, 3.05) is 0 Å². The van der Waals surface area contributed by atoms with Gasteiger partial charge in [-0.1, -0.05) is 13.8 Å². The molecule has 0 aliphatic rings. The molecule has 0 heterocycles. The van der Waals surface area contributed by atoms with Crippen LogP contribution in [0.3, 0.4) is 0 Å². The Labute approximate surface area is 128 Å². The molecule has 1 nitrogen and oxygen atoms in total. The summed E-state index contributed by atoms with van der Waals surface area (Å²) in [5, 5.41) is 10.8. The minimum atomic E-state index is -2.26. The van der Waals surface area contributed by atoms with Crippen molar-refractivity contribution >= 4 is 0 Å². The third kappa shape index (κ3) is 2.81. The molecule has 7 heteroatoms. The van der Waals surface area contributed by atoms with E-state index in [1.807, 2.05) is 0 Å². The lowest BCUT2D eigenvalue weighted by Gasteiger charge is -2.33. The van der Waals surface area contributed by atoms with Crippen LogP contribution in [0.1, 0.15) is 25.0 Å². The van der Waals surface area contributed by atoms with Crippen LogP contribution in [0.15, 0.2) is 24.3 Å². The van der Waals surface area contributed by atoms with E-state index in [1.165, 1.54) is 13.8 Å². The molecule has 2 rings (SSSR count). The van der Waals surface area contributed by atoms with Crippen molar-refractivity contribution in [3.05, 3.63) is 70.3 Å². The number of halogens is 6. The van der Waals surface area contributed by atoms with E-state index in [4.69, 9.17) is 0 Å². The summed E-state index contributed by atoms with van der Waals surface area (Å²) in [4.78, 5) is 0. The molecule has 23 heavy (non-hydrogen) atoms. The van der Waals surface area contributed by atoms with Gasteiger partial charge in [0.1, 0.15) is 5.60 Å². The fraction of sp³-hybridized carbons (Fsp3) is 0.250. The molecule has 0 bridgehead atoms. The molecule has 0 fully saturated rings. The molecule has 0 saturated heterocycles. The van der Waals surface area contributed by atoms with E-state index in [0.29, 0.717) is 24.3 Å².